The van der Waals surface area contributed by atoms with Crippen molar-refractivity contribution in [2.45, 2.75) is 0 Å². The third kappa shape index (κ3) is 3.95. The molecule has 7 heteroatoms. The van der Waals surface area contributed by atoms with Crippen LogP contribution in [0.25, 0.3) is 0 Å². The molecule has 1 aromatic carbocycles. The Hall–Kier alpha value is -2.60. The zero-order chi connectivity index (χ0) is 15.9. The molecule has 22 heavy (non-hydrogen) atoms. The summed E-state index contributed by atoms with van der Waals surface area (Å²) < 4.78 is 5.18. The number of amides is 1. The number of nitrogens with one attached hydrogen (secondary N) is 2. The van der Waals surface area contributed by atoms with Gasteiger partial charge >= 0.3 is 0 Å². The molecule has 1 heterocycles. The van der Waals surface area contributed by atoms with Gasteiger partial charge in [-0.2, -0.15) is 0 Å². The van der Waals surface area contributed by atoms with Crippen LogP contribution in [0.15, 0.2) is 43.2 Å². The molecular formula is C15H15ClN4O2. The highest BCUT2D eigenvalue weighted by Gasteiger charge is 2.11. The number of halogens is 1. The summed E-state index contributed by atoms with van der Waals surface area (Å²) in [6, 6.07) is 4.97. The predicted molar refractivity (Wildman–Crippen MR) is 86.7 cm³/mol. The number of carbonyl (C=O) groups is 1. The topological polar surface area (TPSA) is 76.1 Å². The van der Waals surface area contributed by atoms with Crippen LogP contribution in [0.2, 0.25) is 5.02 Å². The fraction of sp³-hybridized carbons (Fsp3) is 0.133. The maximum absolute atomic E-state index is 12.2. The molecule has 0 aliphatic carbocycles. The second kappa shape index (κ2) is 7.42. The maximum Gasteiger partial charge on any atom is 0.258 e. The number of anilines is 2. The number of methoxy groups -OCH3 is 1. The molecule has 0 saturated carbocycles. The fourth-order valence-corrected chi connectivity index (χ4v) is 1.84. The smallest absolute Gasteiger partial charge is 0.258 e. The standard InChI is InChI=1S/C15H15ClN4O2/c1-3-6-17-15-18-8-10(9-19-15)14(21)20-12-7-11(16)4-5-13(12)22-2/h3-5,7-9H,1,6H2,2H3,(H,20,21)(H,17,18,19). The molecule has 0 bridgehead atoms. The van der Waals surface area contributed by atoms with Gasteiger partial charge in [0.25, 0.3) is 5.91 Å². The fourth-order valence-electron chi connectivity index (χ4n) is 1.67. The third-order valence-corrected chi connectivity index (χ3v) is 2.96. The summed E-state index contributed by atoms with van der Waals surface area (Å²) in [4.78, 5) is 20.3. The number of hydrogen-bond acceptors (Lipinski definition) is 5. The van der Waals surface area contributed by atoms with Crippen LogP contribution < -0.4 is 15.4 Å². The zero-order valence-corrected chi connectivity index (χ0v) is 12.7. The van der Waals surface area contributed by atoms with Gasteiger partial charge in [-0.05, 0) is 18.2 Å². The van der Waals surface area contributed by atoms with E-state index in [0.717, 1.165) is 0 Å². The average Bonchev–Trinajstić information content (AvgIpc) is 2.53. The summed E-state index contributed by atoms with van der Waals surface area (Å²) in [6.07, 6.45) is 4.56. The van der Waals surface area contributed by atoms with Gasteiger partial charge in [0.15, 0.2) is 0 Å². The van der Waals surface area contributed by atoms with Gasteiger partial charge in [0.2, 0.25) is 5.95 Å². The molecule has 2 N–H and O–H groups in total. The lowest BCUT2D eigenvalue weighted by molar-refractivity contribution is 0.102. The summed E-state index contributed by atoms with van der Waals surface area (Å²) in [6.45, 7) is 4.13. The number of benzene rings is 1. The molecule has 0 radical (unpaired) electrons. The molecule has 114 valence electrons. The molecule has 6 nitrogen and oxygen atoms in total. The number of rotatable bonds is 6. The van der Waals surface area contributed by atoms with Gasteiger partial charge in [0.05, 0.1) is 18.4 Å². The number of carbonyl (C=O) groups excluding carboxylic acids is 1. The first kappa shape index (κ1) is 15.8. The minimum atomic E-state index is -0.351. The van der Waals surface area contributed by atoms with Crippen LogP contribution in [0.3, 0.4) is 0 Å². The third-order valence-electron chi connectivity index (χ3n) is 2.73. The summed E-state index contributed by atoms with van der Waals surface area (Å²) in [5.74, 6) is 0.593. The van der Waals surface area contributed by atoms with E-state index >= 15 is 0 Å². The van der Waals surface area contributed by atoms with Crippen LogP contribution in [-0.2, 0) is 0 Å². The molecule has 0 aliphatic rings. The van der Waals surface area contributed by atoms with Gasteiger partial charge in [-0.15, -0.1) is 6.58 Å². The van der Waals surface area contributed by atoms with Crippen molar-refractivity contribution in [1.29, 1.82) is 0 Å². The largest absolute Gasteiger partial charge is 0.495 e. The van der Waals surface area contributed by atoms with Crippen LogP contribution >= 0.6 is 11.6 Å². The minimum Gasteiger partial charge on any atom is -0.495 e. The molecule has 0 aliphatic heterocycles. The monoisotopic (exact) mass is 318 g/mol. The SMILES string of the molecule is C=CCNc1ncc(C(=O)Nc2cc(Cl)ccc2OC)cn1. The zero-order valence-electron chi connectivity index (χ0n) is 12.0. The van der Waals surface area contributed by atoms with E-state index in [1.807, 2.05) is 0 Å². The lowest BCUT2D eigenvalue weighted by atomic mass is 10.2. The Morgan fingerprint density at radius 1 is 1.41 bits per heavy atom. The van der Waals surface area contributed by atoms with E-state index in [-0.39, 0.29) is 5.91 Å². The van der Waals surface area contributed by atoms with E-state index in [9.17, 15) is 4.79 Å². The Morgan fingerprint density at radius 3 is 2.77 bits per heavy atom. The van der Waals surface area contributed by atoms with E-state index in [1.165, 1.54) is 19.5 Å². The molecule has 0 unspecified atom stereocenters. The Bertz CT molecular complexity index is 674. The van der Waals surface area contributed by atoms with Crippen LogP contribution in [0.1, 0.15) is 10.4 Å². The second-order valence-electron chi connectivity index (χ2n) is 4.26. The second-order valence-corrected chi connectivity index (χ2v) is 4.70. The maximum atomic E-state index is 12.2. The van der Waals surface area contributed by atoms with Gasteiger partial charge in [-0.3, -0.25) is 4.79 Å². The van der Waals surface area contributed by atoms with Gasteiger partial charge < -0.3 is 15.4 Å². The summed E-state index contributed by atoms with van der Waals surface area (Å²) >= 11 is 5.92. The molecule has 1 amide bonds. The first-order valence-corrected chi connectivity index (χ1v) is 6.83. The Kier molecular flexibility index (Phi) is 5.32. The first-order chi connectivity index (χ1) is 10.6. The quantitative estimate of drug-likeness (QED) is 0.801. The lowest BCUT2D eigenvalue weighted by Gasteiger charge is -2.10. The summed E-state index contributed by atoms with van der Waals surface area (Å²) in [5, 5.41) is 6.14. The van der Waals surface area contributed by atoms with Crippen molar-refractivity contribution in [3.63, 3.8) is 0 Å². The molecular weight excluding hydrogens is 304 g/mol. The van der Waals surface area contributed by atoms with Crippen molar-refractivity contribution < 1.29 is 9.53 Å². The van der Waals surface area contributed by atoms with Gasteiger partial charge in [-0.25, -0.2) is 9.97 Å². The number of ether oxygens (including phenoxy) is 1. The van der Waals surface area contributed by atoms with Crippen molar-refractivity contribution in [3.8, 4) is 5.75 Å². The minimum absolute atomic E-state index is 0.325. The lowest BCUT2D eigenvalue weighted by Crippen LogP contribution is -2.14. The number of aromatic nitrogens is 2. The normalized spacial score (nSPS) is 9.91. The number of hydrogen-bond donors (Lipinski definition) is 2. The summed E-state index contributed by atoms with van der Waals surface area (Å²) in [5.41, 5.74) is 0.806. The van der Waals surface area contributed by atoms with E-state index in [1.54, 1.807) is 24.3 Å². The van der Waals surface area contributed by atoms with Crippen molar-refractivity contribution in [2.24, 2.45) is 0 Å². The molecule has 0 saturated heterocycles. The molecule has 0 spiro atoms. The van der Waals surface area contributed by atoms with Crippen LogP contribution in [0.4, 0.5) is 11.6 Å². The first-order valence-electron chi connectivity index (χ1n) is 6.45. The van der Waals surface area contributed by atoms with Gasteiger partial charge in [0, 0.05) is 24.0 Å². The highest BCUT2D eigenvalue weighted by Crippen LogP contribution is 2.28. The Balaban J connectivity index is 2.12. The summed E-state index contributed by atoms with van der Waals surface area (Å²) in [7, 11) is 1.52. The van der Waals surface area contributed by atoms with E-state index in [0.29, 0.717) is 34.5 Å². The van der Waals surface area contributed by atoms with Gasteiger partial charge in [-0.1, -0.05) is 17.7 Å². The predicted octanol–water partition coefficient (Wildman–Crippen LogP) is 2.99. The van der Waals surface area contributed by atoms with Crippen LogP contribution in [0.5, 0.6) is 5.75 Å². The molecule has 2 rings (SSSR count). The van der Waals surface area contributed by atoms with E-state index in [4.69, 9.17) is 16.3 Å². The molecule has 0 fully saturated rings. The highest BCUT2D eigenvalue weighted by molar-refractivity contribution is 6.31. The molecule has 2 aromatic rings. The Labute approximate surface area is 133 Å². The Morgan fingerprint density at radius 2 is 2.14 bits per heavy atom. The van der Waals surface area contributed by atoms with Crippen molar-refractivity contribution in [2.75, 3.05) is 24.3 Å². The van der Waals surface area contributed by atoms with Gasteiger partial charge in [0.1, 0.15) is 5.75 Å². The molecule has 0 atom stereocenters. The highest BCUT2D eigenvalue weighted by atomic mass is 35.5. The van der Waals surface area contributed by atoms with Crippen molar-refractivity contribution in [3.05, 3.63) is 53.8 Å². The van der Waals surface area contributed by atoms with Crippen molar-refractivity contribution in [1.82, 2.24) is 9.97 Å². The van der Waals surface area contributed by atoms with Crippen molar-refractivity contribution >= 4 is 29.1 Å². The van der Waals surface area contributed by atoms with E-state index < -0.39 is 0 Å². The average molecular weight is 319 g/mol. The van der Waals surface area contributed by atoms with Crippen LogP contribution in [0, 0.1) is 0 Å². The van der Waals surface area contributed by atoms with E-state index in [2.05, 4.69) is 27.2 Å². The van der Waals surface area contributed by atoms with Crippen LogP contribution in [-0.4, -0.2) is 29.5 Å². The number of nitrogens with zero attached hydrogens (tertiary/aromatic N) is 2. The molecule has 1 aromatic heterocycles.